The third-order valence-electron chi connectivity index (χ3n) is 4.59. The van der Waals surface area contributed by atoms with Crippen molar-refractivity contribution in [1.29, 1.82) is 0 Å². The highest BCUT2D eigenvalue weighted by molar-refractivity contribution is 7.89. The van der Waals surface area contributed by atoms with Crippen molar-refractivity contribution >= 4 is 21.6 Å². The smallest absolute Gasteiger partial charge is 0.325 e. The van der Waals surface area contributed by atoms with E-state index < -0.39 is 33.7 Å². The van der Waals surface area contributed by atoms with Gasteiger partial charge in [0.2, 0.25) is 15.9 Å². The molecule has 0 spiro atoms. The van der Waals surface area contributed by atoms with E-state index >= 15 is 0 Å². The number of sulfonamides is 1. The number of aryl methyl sites for hydroxylation is 1. The highest BCUT2D eigenvalue weighted by atomic mass is 32.2. The number of benzene rings is 2. The first-order chi connectivity index (χ1) is 13.1. The minimum Gasteiger partial charge on any atom is -0.325 e. The van der Waals surface area contributed by atoms with Crippen molar-refractivity contribution in [3.05, 3.63) is 59.7 Å². The molecule has 0 aliphatic carbocycles. The average molecular weight is 412 g/mol. The molecule has 1 amide bonds. The lowest BCUT2D eigenvalue weighted by molar-refractivity contribution is -0.137. The second-order valence-electron chi connectivity index (χ2n) is 6.65. The number of rotatable bonds is 4. The molecule has 9 heteroatoms. The molecule has 2 aromatic rings. The predicted octanol–water partition coefficient (Wildman–Crippen LogP) is 3.81. The van der Waals surface area contributed by atoms with Gasteiger partial charge >= 0.3 is 6.18 Å². The number of anilines is 1. The van der Waals surface area contributed by atoms with Crippen molar-refractivity contribution in [2.45, 2.75) is 36.9 Å². The van der Waals surface area contributed by atoms with Crippen LogP contribution >= 0.6 is 0 Å². The molecule has 0 bridgehead atoms. The van der Waals surface area contributed by atoms with Crippen molar-refractivity contribution in [3.8, 4) is 0 Å². The first-order valence-corrected chi connectivity index (χ1v) is 10.1. The molecular weight excluding hydrogens is 393 g/mol. The van der Waals surface area contributed by atoms with Crippen LogP contribution in [0, 0.1) is 6.92 Å². The Kier molecular flexibility index (Phi) is 5.49. The summed E-state index contributed by atoms with van der Waals surface area (Å²) in [5.74, 6) is -0.646. The summed E-state index contributed by atoms with van der Waals surface area (Å²) in [6.07, 6.45) is -3.74. The fraction of sp³-hybridized carbons (Fsp3) is 0.316. The van der Waals surface area contributed by atoms with Gasteiger partial charge in [0.25, 0.3) is 0 Å². The molecule has 3 rings (SSSR count). The van der Waals surface area contributed by atoms with E-state index in [0.717, 1.165) is 22.0 Å². The van der Waals surface area contributed by atoms with Crippen LogP contribution < -0.4 is 5.32 Å². The van der Waals surface area contributed by atoms with Crippen LogP contribution in [0.5, 0.6) is 0 Å². The third-order valence-corrected chi connectivity index (χ3v) is 6.51. The average Bonchev–Trinajstić information content (AvgIpc) is 3.12. The molecule has 1 atom stereocenters. The molecule has 28 heavy (non-hydrogen) atoms. The summed E-state index contributed by atoms with van der Waals surface area (Å²) in [7, 11) is -3.88. The first kappa shape index (κ1) is 20.3. The van der Waals surface area contributed by atoms with Gasteiger partial charge in [0.05, 0.1) is 10.5 Å². The van der Waals surface area contributed by atoms with E-state index in [1.54, 1.807) is 12.1 Å². The lowest BCUT2D eigenvalue weighted by atomic mass is 10.1. The Balaban J connectivity index is 1.81. The molecule has 2 aromatic carbocycles. The highest BCUT2D eigenvalue weighted by Gasteiger charge is 2.39. The summed E-state index contributed by atoms with van der Waals surface area (Å²) in [6, 6.07) is 9.57. The second-order valence-corrected chi connectivity index (χ2v) is 8.55. The van der Waals surface area contributed by atoms with Gasteiger partial charge in [-0.05, 0) is 50.1 Å². The number of alkyl halides is 3. The number of carbonyl (C=O) groups excluding carboxylic acids is 1. The van der Waals surface area contributed by atoms with Gasteiger partial charge in [0.1, 0.15) is 6.04 Å². The number of nitrogens with zero attached hydrogens (tertiary/aromatic N) is 1. The van der Waals surface area contributed by atoms with Crippen molar-refractivity contribution in [2.75, 3.05) is 11.9 Å². The minimum absolute atomic E-state index is 0.0283. The monoisotopic (exact) mass is 412 g/mol. The second kappa shape index (κ2) is 7.56. The van der Waals surface area contributed by atoms with Gasteiger partial charge < -0.3 is 5.32 Å². The van der Waals surface area contributed by atoms with Gasteiger partial charge in [0.15, 0.2) is 0 Å². The molecule has 0 saturated carbocycles. The van der Waals surface area contributed by atoms with Gasteiger partial charge in [0, 0.05) is 12.2 Å². The molecule has 0 radical (unpaired) electrons. The Morgan fingerprint density at radius 1 is 1.14 bits per heavy atom. The maximum Gasteiger partial charge on any atom is 0.416 e. The Labute approximate surface area is 161 Å². The van der Waals surface area contributed by atoms with Crippen LogP contribution in [-0.4, -0.2) is 31.2 Å². The maximum absolute atomic E-state index is 12.9. The van der Waals surface area contributed by atoms with Crippen LogP contribution in [0.3, 0.4) is 0 Å². The van der Waals surface area contributed by atoms with Crippen LogP contribution in [0.2, 0.25) is 0 Å². The van der Waals surface area contributed by atoms with Gasteiger partial charge in [-0.3, -0.25) is 4.79 Å². The van der Waals surface area contributed by atoms with E-state index in [2.05, 4.69) is 5.32 Å². The fourth-order valence-electron chi connectivity index (χ4n) is 3.13. The standard InChI is InChI=1S/C19H19F3N2O3S/c1-13-7-9-16(10-8-13)28(26,27)24-11-3-6-17(24)18(25)23-15-5-2-4-14(12-15)19(20,21)22/h2,4-5,7-10,12,17H,3,6,11H2,1H3,(H,23,25)/t17-/m1/s1. The molecule has 150 valence electrons. The number of carbonyl (C=O) groups is 1. The number of hydrogen-bond donors (Lipinski definition) is 1. The third kappa shape index (κ3) is 4.20. The fourth-order valence-corrected chi connectivity index (χ4v) is 4.79. The van der Waals surface area contributed by atoms with Gasteiger partial charge in [-0.1, -0.05) is 23.8 Å². The lowest BCUT2D eigenvalue weighted by Crippen LogP contribution is -2.43. The molecule has 1 aliphatic rings. The molecule has 1 aliphatic heterocycles. The Morgan fingerprint density at radius 2 is 1.82 bits per heavy atom. The van der Waals surface area contributed by atoms with E-state index in [-0.39, 0.29) is 17.1 Å². The van der Waals surface area contributed by atoms with Crippen molar-refractivity contribution in [2.24, 2.45) is 0 Å². The van der Waals surface area contributed by atoms with Gasteiger partial charge in [-0.2, -0.15) is 17.5 Å². The summed E-state index contributed by atoms with van der Waals surface area (Å²) < 4.78 is 65.4. The number of amides is 1. The normalized spacial score (nSPS) is 18.2. The lowest BCUT2D eigenvalue weighted by Gasteiger charge is -2.23. The zero-order valence-corrected chi connectivity index (χ0v) is 15.8. The van der Waals surface area contributed by atoms with E-state index in [1.165, 1.54) is 24.3 Å². The first-order valence-electron chi connectivity index (χ1n) is 8.66. The number of halogens is 3. The Morgan fingerprint density at radius 3 is 2.46 bits per heavy atom. The zero-order chi connectivity index (χ0) is 20.5. The van der Waals surface area contributed by atoms with E-state index in [9.17, 15) is 26.4 Å². The van der Waals surface area contributed by atoms with Crippen LogP contribution in [0.25, 0.3) is 0 Å². The highest BCUT2D eigenvalue weighted by Crippen LogP contribution is 2.31. The topological polar surface area (TPSA) is 66.5 Å². The molecule has 1 fully saturated rings. The van der Waals surface area contributed by atoms with Crippen LogP contribution in [-0.2, 0) is 21.0 Å². The molecule has 0 unspecified atom stereocenters. The van der Waals surface area contributed by atoms with Crippen LogP contribution in [0.4, 0.5) is 18.9 Å². The minimum atomic E-state index is -4.53. The van der Waals surface area contributed by atoms with Crippen molar-refractivity contribution in [3.63, 3.8) is 0 Å². The number of hydrogen-bond acceptors (Lipinski definition) is 3. The van der Waals surface area contributed by atoms with E-state index in [4.69, 9.17) is 0 Å². The predicted molar refractivity (Wildman–Crippen MR) is 98.2 cm³/mol. The van der Waals surface area contributed by atoms with Gasteiger partial charge in [-0.25, -0.2) is 8.42 Å². The quantitative estimate of drug-likeness (QED) is 0.831. The molecule has 1 N–H and O–H groups in total. The summed E-state index contributed by atoms with van der Waals surface area (Å²) in [4.78, 5) is 12.7. The Bertz CT molecular complexity index is 973. The summed E-state index contributed by atoms with van der Waals surface area (Å²) in [6.45, 7) is 2.01. The molecular formula is C19H19F3N2O3S. The van der Waals surface area contributed by atoms with Crippen LogP contribution in [0.1, 0.15) is 24.0 Å². The number of nitrogens with one attached hydrogen (secondary N) is 1. The van der Waals surface area contributed by atoms with E-state index in [1.807, 2.05) is 6.92 Å². The van der Waals surface area contributed by atoms with Gasteiger partial charge in [-0.15, -0.1) is 0 Å². The van der Waals surface area contributed by atoms with E-state index in [0.29, 0.717) is 12.8 Å². The van der Waals surface area contributed by atoms with Crippen LogP contribution in [0.15, 0.2) is 53.4 Å². The zero-order valence-electron chi connectivity index (χ0n) is 15.0. The molecule has 1 saturated heterocycles. The summed E-state index contributed by atoms with van der Waals surface area (Å²) >= 11 is 0. The maximum atomic E-state index is 12.9. The largest absolute Gasteiger partial charge is 0.416 e. The summed E-state index contributed by atoms with van der Waals surface area (Å²) in [5, 5.41) is 2.41. The Hall–Kier alpha value is -2.39. The molecule has 5 nitrogen and oxygen atoms in total. The SMILES string of the molecule is Cc1ccc(S(=O)(=O)N2CCC[C@@H]2C(=O)Nc2cccc(C(F)(F)F)c2)cc1. The molecule has 0 aromatic heterocycles. The van der Waals surface area contributed by atoms with Crippen molar-refractivity contribution in [1.82, 2.24) is 4.31 Å². The van der Waals surface area contributed by atoms with Crippen molar-refractivity contribution < 1.29 is 26.4 Å². The summed E-state index contributed by atoms with van der Waals surface area (Å²) in [5.41, 5.74) is -0.0144. The molecule has 1 heterocycles.